The lowest BCUT2D eigenvalue weighted by Crippen LogP contribution is -2.42. The summed E-state index contributed by atoms with van der Waals surface area (Å²) in [6.45, 7) is 1.21. The molecule has 0 aromatic heterocycles. The lowest BCUT2D eigenvalue weighted by molar-refractivity contribution is -0.0975. The van der Waals surface area contributed by atoms with Gasteiger partial charge in [0.25, 0.3) is 0 Å². The summed E-state index contributed by atoms with van der Waals surface area (Å²) in [7, 11) is 0. The smallest absolute Gasteiger partial charge is 0.215 e. The first-order valence-corrected chi connectivity index (χ1v) is 3.05. The Hall–Kier alpha value is -0.560. The summed E-state index contributed by atoms with van der Waals surface area (Å²) in [6.07, 6.45) is -6.43. The van der Waals surface area contributed by atoms with Crippen molar-refractivity contribution < 1.29 is 20.4 Å². The molecule has 0 fully saturated rings. The monoisotopic (exact) mass is 165 g/mol. The van der Waals surface area contributed by atoms with E-state index >= 15 is 0 Å². The molecular weight excluding hydrogens is 154 g/mol. The molecule has 0 aliphatic heterocycles. The lowest BCUT2D eigenvalue weighted by Gasteiger charge is -2.20. The van der Waals surface area contributed by atoms with Crippen molar-refractivity contribution in [2.24, 2.45) is 5.18 Å². The van der Waals surface area contributed by atoms with Crippen molar-refractivity contribution in [2.45, 2.75) is 31.5 Å². The summed E-state index contributed by atoms with van der Waals surface area (Å²) >= 11 is 0. The van der Waals surface area contributed by atoms with E-state index in [2.05, 4.69) is 5.18 Å². The normalized spacial score (nSPS) is 21.9. The average molecular weight is 165 g/mol. The number of hydrogen-bond donors (Lipinski definition) is 4. The summed E-state index contributed by atoms with van der Waals surface area (Å²) in [5, 5.41) is 36.9. The molecule has 0 aliphatic carbocycles. The van der Waals surface area contributed by atoms with Gasteiger partial charge in [-0.1, -0.05) is 0 Å². The van der Waals surface area contributed by atoms with Crippen LogP contribution in [0.2, 0.25) is 0 Å². The molecule has 0 saturated heterocycles. The molecule has 0 aliphatic rings. The van der Waals surface area contributed by atoms with Gasteiger partial charge in [0.05, 0.1) is 6.10 Å². The van der Waals surface area contributed by atoms with Gasteiger partial charge in [-0.2, -0.15) is 0 Å². The maximum Gasteiger partial charge on any atom is 0.215 e. The zero-order chi connectivity index (χ0) is 9.02. The molecule has 6 heteroatoms. The van der Waals surface area contributed by atoms with Crippen LogP contribution in [0.15, 0.2) is 5.18 Å². The predicted molar refractivity (Wildman–Crippen MR) is 35.5 cm³/mol. The van der Waals surface area contributed by atoms with Crippen LogP contribution in [0, 0.1) is 4.91 Å². The van der Waals surface area contributed by atoms with Crippen molar-refractivity contribution in [1.82, 2.24) is 0 Å². The van der Waals surface area contributed by atoms with Gasteiger partial charge in [-0.15, -0.1) is 4.91 Å². The summed E-state index contributed by atoms with van der Waals surface area (Å²) in [6, 6.07) is 0. The zero-order valence-electron chi connectivity index (χ0n) is 5.95. The maximum absolute atomic E-state index is 9.62. The number of nitrogens with zero attached hydrogens (tertiary/aromatic N) is 1. The second-order valence-electron chi connectivity index (χ2n) is 2.24. The van der Waals surface area contributed by atoms with Crippen molar-refractivity contribution >= 4 is 0 Å². The summed E-state index contributed by atoms with van der Waals surface area (Å²) < 4.78 is 0. The molecule has 0 aromatic carbocycles. The number of rotatable bonds is 4. The van der Waals surface area contributed by atoms with Crippen LogP contribution >= 0.6 is 0 Å². The van der Waals surface area contributed by atoms with Crippen LogP contribution in [-0.2, 0) is 0 Å². The molecule has 0 heterocycles. The largest absolute Gasteiger partial charge is 0.391 e. The molecule has 0 rings (SSSR count). The van der Waals surface area contributed by atoms with Crippen LogP contribution in [0.25, 0.3) is 0 Å². The highest BCUT2D eigenvalue weighted by Gasteiger charge is 2.28. The molecule has 0 aromatic rings. The summed E-state index contributed by atoms with van der Waals surface area (Å²) in [5.41, 5.74) is 0. The van der Waals surface area contributed by atoms with Gasteiger partial charge in [0.1, 0.15) is 12.2 Å². The fourth-order valence-electron chi connectivity index (χ4n) is 0.524. The third kappa shape index (κ3) is 2.89. The van der Waals surface area contributed by atoms with E-state index in [9.17, 15) is 4.91 Å². The van der Waals surface area contributed by atoms with E-state index in [1.54, 1.807) is 0 Å². The fraction of sp³-hybridized carbons (Fsp3) is 1.00. The Morgan fingerprint density at radius 1 is 1.09 bits per heavy atom. The molecule has 0 radical (unpaired) electrons. The number of aliphatic hydroxyl groups excluding tert-OH is 4. The molecule has 6 nitrogen and oxygen atoms in total. The first kappa shape index (κ1) is 10.4. The molecule has 4 N–H and O–H groups in total. The second kappa shape index (κ2) is 4.35. The lowest BCUT2D eigenvalue weighted by atomic mass is 10.1. The average Bonchev–Trinajstić information content (AvgIpc) is 2.00. The molecule has 0 spiro atoms. The molecule has 11 heavy (non-hydrogen) atoms. The van der Waals surface area contributed by atoms with E-state index in [0.29, 0.717) is 0 Å². The summed E-state index contributed by atoms with van der Waals surface area (Å²) in [4.78, 5) is 9.62. The van der Waals surface area contributed by atoms with Crippen molar-refractivity contribution in [3.05, 3.63) is 4.91 Å². The van der Waals surface area contributed by atoms with Gasteiger partial charge in [0.15, 0.2) is 0 Å². The van der Waals surface area contributed by atoms with Gasteiger partial charge in [-0.05, 0) is 12.1 Å². The van der Waals surface area contributed by atoms with Gasteiger partial charge in [0.2, 0.25) is 6.23 Å². The third-order valence-corrected chi connectivity index (χ3v) is 1.26. The van der Waals surface area contributed by atoms with Crippen LogP contribution in [0.5, 0.6) is 0 Å². The highest BCUT2D eigenvalue weighted by molar-refractivity contribution is 4.76. The van der Waals surface area contributed by atoms with E-state index in [1.165, 1.54) is 6.92 Å². The fourth-order valence-corrected chi connectivity index (χ4v) is 0.524. The van der Waals surface area contributed by atoms with Crippen molar-refractivity contribution in [3.63, 3.8) is 0 Å². The Morgan fingerprint density at radius 3 is 1.82 bits per heavy atom. The molecule has 4 atom stereocenters. The maximum atomic E-state index is 9.62. The highest BCUT2D eigenvalue weighted by atomic mass is 16.4. The number of nitroso groups, excluding NO2 is 1. The Bertz CT molecular complexity index is 128. The van der Waals surface area contributed by atoms with Crippen molar-refractivity contribution in [1.29, 1.82) is 0 Å². The van der Waals surface area contributed by atoms with E-state index in [-0.39, 0.29) is 0 Å². The van der Waals surface area contributed by atoms with E-state index in [0.717, 1.165) is 0 Å². The Kier molecular flexibility index (Phi) is 4.12. The Balaban J connectivity index is 4.00. The van der Waals surface area contributed by atoms with Crippen LogP contribution in [-0.4, -0.2) is 45.0 Å². The van der Waals surface area contributed by atoms with Gasteiger partial charge < -0.3 is 20.4 Å². The number of hydrogen-bond acceptors (Lipinski definition) is 6. The Labute approximate surface area is 63.1 Å². The molecule has 0 saturated carbocycles. The van der Waals surface area contributed by atoms with Gasteiger partial charge in [-0.25, -0.2) is 0 Å². The van der Waals surface area contributed by atoms with Crippen LogP contribution in [0.4, 0.5) is 0 Å². The van der Waals surface area contributed by atoms with Crippen molar-refractivity contribution in [2.75, 3.05) is 0 Å². The van der Waals surface area contributed by atoms with Gasteiger partial charge in [0, 0.05) is 0 Å². The first-order chi connectivity index (χ1) is 5.00. The topological polar surface area (TPSA) is 110 Å². The van der Waals surface area contributed by atoms with E-state index in [4.69, 9.17) is 20.4 Å². The summed E-state index contributed by atoms with van der Waals surface area (Å²) in [5.74, 6) is 0. The molecule has 0 amide bonds. The zero-order valence-corrected chi connectivity index (χ0v) is 5.95. The quantitative estimate of drug-likeness (QED) is 0.366. The first-order valence-electron chi connectivity index (χ1n) is 3.05. The SMILES string of the molecule is C[C@H](O)[C@@H](O)[C@@H](O)[C@H](O)N=O. The Morgan fingerprint density at radius 2 is 1.55 bits per heavy atom. The molecule has 66 valence electrons. The minimum atomic E-state index is -1.90. The molecular formula is C5H11NO5. The minimum absolute atomic E-state index is 1.21. The highest BCUT2D eigenvalue weighted by Crippen LogP contribution is 2.04. The van der Waals surface area contributed by atoms with E-state index in [1.807, 2.05) is 0 Å². The van der Waals surface area contributed by atoms with Crippen LogP contribution < -0.4 is 0 Å². The van der Waals surface area contributed by atoms with E-state index < -0.39 is 24.5 Å². The number of aliphatic hydroxyl groups is 4. The molecule has 0 bridgehead atoms. The van der Waals surface area contributed by atoms with Gasteiger partial charge >= 0.3 is 0 Å². The third-order valence-electron chi connectivity index (χ3n) is 1.26. The standard InChI is InChI=1S/C5H11NO5/c1-2(7)3(8)4(9)5(10)6-11/h2-5,7-10H,1H3/t2-,3+,4+,5-/m0/s1. The van der Waals surface area contributed by atoms with Crippen molar-refractivity contribution in [3.8, 4) is 0 Å². The van der Waals surface area contributed by atoms with Crippen LogP contribution in [0.3, 0.4) is 0 Å². The predicted octanol–water partition coefficient (Wildman–Crippen LogP) is -1.83. The van der Waals surface area contributed by atoms with Crippen LogP contribution in [0.1, 0.15) is 6.92 Å². The minimum Gasteiger partial charge on any atom is -0.391 e. The second-order valence-corrected chi connectivity index (χ2v) is 2.24. The van der Waals surface area contributed by atoms with Gasteiger partial charge in [-0.3, -0.25) is 0 Å². The molecule has 0 unspecified atom stereocenters.